The van der Waals surface area contributed by atoms with Gasteiger partial charge in [-0.1, -0.05) is 25.3 Å². The second kappa shape index (κ2) is 9.91. The number of amides is 3. The minimum absolute atomic E-state index is 0.0111. The Morgan fingerprint density at radius 2 is 1.63 bits per heavy atom. The van der Waals surface area contributed by atoms with E-state index >= 15 is 0 Å². The summed E-state index contributed by atoms with van der Waals surface area (Å²) >= 11 is 0. The maximum absolute atomic E-state index is 12.8. The molecular formula is C23H27N3O4. The predicted molar refractivity (Wildman–Crippen MR) is 117 cm³/mol. The summed E-state index contributed by atoms with van der Waals surface area (Å²) in [6, 6.07) is 11.8. The molecule has 3 amide bonds. The van der Waals surface area contributed by atoms with Crippen LogP contribution in [-0.4, -0.2) is 24.8 Å². The van der Waals surface area contributed by atoms with Gasteiger partial charge in [0.25, 0.3) is 5.91 Å². The fourth-order valence-electron chi connectivity index (χ4n) is 3.63. The quantitative estimate of drug-likeness (QED) is 0.658. The average molecular weight is 409 g/mol. The zero-order chi connectivity index (χ0) is 21.5. The van der Waals surface area contributed by atoms with Gasteiger partial charge >= 0.3 is 0 Å². The van der Waals surface area contributed by atoms with Crippen LogP contribution in [-0.2, 0) is 9.59 Å². The van der Waals surface area contributed by atoms with E-state index in [4.69, 9.17) is 4.74 Å². The molecule has 158 valence electrons. The maximum atomic E-state index is 12.8. The molecule has 0 unspecified atom stereocenters. The summed E-state index contributed by atoms with van der Waals surface area (Å²) in [6.45, 7) is 1.41. The molecule has 7 heteroatoms. The van der Waals surface area contributed by atoms with E-state index in [2.05, 4.69) is 16.0 Å². The largest absolute Gasteiger partial charge is 0.495 e. The number of carbonyl (C=O) groups is 3. The highest BCUT2D eigenvalue weighted by molar-refractivity contribution is 6.06. The van der Waals surface area contributed by atoms with Crippen molar-refractivity contribution in [2.75, 3.05) is 23.1 Å². The van der Waals surface area contributed by atoms with E-state index in [1.165, 1.54) is 20.5 Å². The minimum Gasteiger partial charge on any atom is -0.495 e. The molecular weight excluding hydrogens is 382 g/mol. The molecule has 0 radical (unpaired) electrons. The van der Waals surface area contributed by atoms with Crippen LogP contribution in [0.1, 0.15) is 49.4 Å². The Labute approximate surface area is 176 Å². The van der Waals surface area contributed by atoms with E-state index in [0.717, 1.165) is 25.7 Å². The van der Waals surface area contributed by atoms with Crippen LogP contribution in [0.25, 0.3) is 0 Å². The number of nitrogens with one attached hydrogen (secondary N) is 3. The maximum Gasteiger partial charge on any atom is 0.255 e. The molecule has 0 aromatic heterocycles. The van der Waals surface area contributed by atoms with E-state index in [-0.39, 0.29) is 23.6 Å². The molecule has 2 aromatic rings. The number of anilines is 3. The van der Waals surface area contributed by atoms with Gasteiger partial charge in [0.15, 0.2) is 0 Å². The van der Waals surface area contributed by atoms with Gasteiger partial charge in [-0.3, -0.25) is 14.4 Å². The van der Waals surface area contributed by atoms with Gasteiger partial charge in [-0.25, -0.2) is 0 Å². The molecule has 1 fully saturated rings. The molecule has 0 spiro atoms. The van der Waals surface area contributed by atoms with E-state index in [0.29, 0.717) is 28.4 Å². The van der Waals surface area contributed by atoms with Crippen molar-refractivity contribution in [1.29, 1.82) is 0 Å². The fourth-order valence-corrected chi connectivity index (χ4v) is 3.63. The summed E-state index contributed by atoms with van der Waals surface area (Å²) < 4.78 is 5.30. The molecule has 3 rings (SSSR count). The molecule has 0 bridgehead atoms. The number of methoxy groups -OCH3 is 1. The topological polar surface area (TPSA) is 96.5 Å². The Bertz CT molecular complexity index is 936. The fraction of sp³-hybridized carbons (Fsp3) is 0.348. The Morgan fingerprint density at radius 1 is 0.900 bits per heavy atom. The van der Waals surface area contributed by atoms with Crippen molar-refractivity contribution in [2.45, 2.75) is 39.0 Å². The van der Waals surface area contributed by atoms with Gasteiger partial charge in [-0.05, 0) is 49.2 Å². The predicted octanol–water partition coefficient (Wildman–Crippen LogP) is 4.42. The summed E-state index contributed by atoms with van der Waals surface area (Å²) in [5, 5.41) is 8.42. The van der Waals surface area contributed by atoms with Crippen LogP contribution in [0.4, 0.5) is 17.1 Å². The number of ether oxygens (including phenoxy) is 1. The molecule has 2 aromatic carbocycles. The van der Waals surface area contributed by atoms with Crippen molar-refractivity contribution in [1.82, 2.24) is 0 Å². The lowest BCUT2D eigenvalue weighted by molar-refractivity contribution is -0.120. The molecule has 0 saturated heterocycles. The molecule has 7 nitrogen and oxygen atoms in total. The van der Waals surface area contributed by atoms with Gasteiger partial charge in [0, 0.05) is 29.8 Å². The number of hydrogen-bond acceptors (Lipinski definition) is 4. The SMILES string of the molecule is COc1ccc(NC(C)=O)cc1NC(=O)c1cccc(NC(=O)C2CCCCC2)c1. The van der Waals surface area contributed by atoms with Crippen LogP contribution in [0, 0.1) is 5.92 Å². The molecule has 1 aliphatic carbocycles. The lowest BCUT2D eigenvalue weighted by atomic mass is 9.88. The summed E-state index contributed by atoms with van der Waals surface area (Å²) in [5.41, 5.74) is 1.98. The molecule has 1 saturated carbocycles. The number of benzene rings is 2. The molecule has 0 aliphatic heterocycles. The summed E-state index contributed by atoms with van der Waals surface area (Å²) in [5.74, 6) is -0.0333. The van der Waals surface area contributed by atoms with E-state index in [1.807, 2.05) is 0 Å². The van der Waals surface area contributed by atoms with Crippen molar-refractivity contribution in [3.8, 4) is 5.75 Å². The Balaban J connectivity index is 1.72. The number of hydrogen-bond donors (Lipinski definition) is 3. The third kappa shape index (κ3) is 5.59. The molecule has 3 N–H and O–H groups in total. The second-order valence-corrected chi connectivity index (χ2v) is 7.46. The van der Waals surface area contributed by atoms with Crippen LogP contribution in [0.2, 0.25) is 0 Å². The van der Waals surface area contributed by atoms with Crippen LogP contribution in [0.5, 0.6) is 5.75 Å². The first kappa shape index (κ1) is 21.4. The van der Waals surface area contributed by atoms with E-state index < -0.39 is 0 Å². The van der Waals surface area contributed by atoms with Gasteiger partial charge in [0.1, 0.15) is 5.75 Å². The van der Waals surface area contributed by atoms with Crippen molar-refractivity contribution >= 4 is 34.8 Å². The first-order valence-electron chi connectivity index (χ1n) is 10.1. The molecule has 0 heterocycles. The molecule has 0 atom stereocenters. The Kier molecular flexibility index (Phi) is 7.06. The van der Waals surface area contributed by atoms with Gasteiger partial charge in [0.2, 0.25) is 11.8 Å². The highest BCUT2D eigenvalue weighted by Crippen LogP contribution is 2.29. The summed E-state index contributed by atoms with van der Waals surface area (Å²) in [4.78, 5) is 36.6. The highest BCUT2D eigenvalue weighted by Gasteiger charge is 2.21. The van der Waals surface area contributed by atoms with Crippen LogP contribution < -0.4 is 20.7 Å². The smallest absolute Gasteiger partial charge is 0.255 e. The lowest BCUT2D eigenvalue weighted by Crippen LogP contribution is -2.24. The van der Waals surface area contributed by atoms with Crippen molar-refractivity contribution in [3.05, 3.63) is 48.0 Å². The minimum atomic E-state index is -0.345. The van der Waals surface area contributed by atoms with Crippen LogP contribution in [0.3, 0.4) is 0 Å². The first-order chi connectivity index (χ1) is 14.5. The van der Waals surface area contributed by atoms with Crippen molar-refractivity contribution in [3.63, 3.8) is 0 Å². The number of rotatable bonds is 6. The monoisotopic (exact) mass is 409 g/mol. The molecule has 1 aliphatic rings. The Morgan fingerprint density at radius 3 is 2.33 bits per heavy atom. The molecule has 30 heavy (non-hydrogen) atoms. The van der Waals surface area contributed by atoms with Gasteiger partial charge in [-0.15, -0.1) is 0 Å². The zero-order valence-corrected chi connectivity index (χ0v) is 17.3. The first-order valence-corrected chi connectivity index (χ1v) is 10.1. The van der Waals surface area contributed by atoms with Crippen LogP contribution >= 0.6 is 0 Å². The van der Waals surface area contributed by atoms with Crippen LogP contribution in [0.15, 0.2) is 42.5 Å². The third-order valence-electron chi connectivity index (χ3n) is 5.14. The van der Waals surface area contributed by atoms with Gasteiger partial charge < -0.3 is 20.7 Å². The van der Waals surface area contributed by atoms with Gasteiger partial charge in [0.05, 0.1) is 12.8 Å². The summed E-state index contributed by atoms with van der Waals surface area (Å²) in [6.07, 6.45) is 5.18. The normalized spacial score (nSPS) is 13.9. The lowest BCUT2D eigenvalue weighted by Gasteiger charge is -2.20. The standard InChI is InChI=1S/C23H27N3O4/c1-15(27)24-19-11-12-21(30-2)20(14-19)26-23(29)17-9-6-10-18(13-17)25-22(28)16-7-4-3-5-8-16/h6,9-14,16H,3-5,7-8H2,1-2H3,(H,24,27)(H,25,28)(H,26,29). The highest BCUT2D eigenvalue weighted by atomic mass is 16.5. The Hall–Kier alpha value is -3.35. The summed E-state index contributed by atoms with van der Waals surface area (Å²) in [7, 11) is 1.50. The van der Waals surface area contributed by atoms with Crippen molar-refractivity contribution in [2.24, 2.45) is 5.92 Å². The third-order valence-corrected chi connectivity index (χ3v) is 5.14. The van der Waals surface area contributed by atoms with Gasteiger partial charge in [-0.2, -0.15) is 0 Å². The zero-order valence-electron chi connectivity index (χ0n) is 17.3. The number of carbonyl (C=O) groups excluding carboxylic acids is 3. The van der Waals surface area contributed by atoms with E-state index in [9.17, 15) is 14.4 Å². The average Bonchev–Trinajstić information content (AvgIpc) is 2.74. The van der Waals surface area contributed by atoms with Crippen molar-refractivity contribution < 1.29 is 19.1 Å². The van der Waals surface area contributed by atoms with E-state index in [1.54, 1.807) is 42.5 Å². The second-order valence-electron chi connectivity index (χ2n) is 7.46.